The van der Waals surface area contributed by atoms with Crippen molar-refractivity contribution in [3.63, 3.8) is 0 Å². The Kier molecular flexibility index (Phi) is 6.05. The average Bonchev–Trinajstić information content (AvgIpc) is 3.25. The monoisotopic (exact) mass is 480 g/mol. The van der Waals surface area contributed by atoms with Crippen LogP contribution in [0.3, 0.4) is 0 Å². The van der Waals surface area contributed by atoms with Crippen LogP contribution in [0.4, 0.5) is 5.69 Å². The Hall–Kier alpha value is -2.97. The van der Waals surface area contributed by atoms with Crippen molar-refractivity contribution >= 4 is 23.5 Å². The molecule has 2 fully saturated rings. The van der Waals surface area contributed by atoms with Gasteiger partial charge in [-0.25, -0.2) is 0 Å². The summed E-state index contributed by atoms with van der Waals surface area (Å²) < 4.78 is 12.1. The van der Waals surface area contributed by atoms with E-state index in [4.69, 9.17) is 9.47 Å². The number of rotatable bonds is 3. The molecule has 0 saturated carbocycles. The second kappa shape index (κ2) is 8.91. The summed E-state index contributed by atoms with van der Waals surface area (Å²) in [6.07, 6.45) is 8.20. The molecule has 0 bridgehead atoms. The number of aliphatic hydroxyl groups excluding tert-OH is 1. The number of allylic oxidation sites excluding steroid dienone is 1. The number of carbonyl (C=O) groups is 3. The van der Waals surface area contributed by atoms with Gasteiger partial charge < -0.3 is 24.4 Å². The number of ether oxygens (including phenoxy) is 2. The third kappa shape index (κ3) is 3.62. The Morgan fingerprint density at radius 1 is 1.17 bits per heavy atom. The van der Waals surface area contributed by atoms with E-state index in [0.717, 1.165) is 23.2 Å². The number of nitrogens with zero attached hydrogens (tertiary/aromatic N) is 2. The SMILES string of the molecule is Cc1ccc(C)c(N2CC=C[C@]34O[C@@H]5/C=C\CCCOC(=O)[C@@H]5[C@H]3C(=O)N([C@H](C)CO)C4C2=O)c1. The highest BCUT2D eigenvalue weighted by atomic mass is 16.6. The summed E-state index contributed by atoms with van der Waals surface area (Å²) in [6, 6.07) is 4.27. The molecule has 6 atom stereocenters. The topological polar surface area (TPSA) is 96.4 Å². The van der Waals surface area contributed by atoms with Crippen molar-refractivity contribution in [2.24, 2.45) is 11.8 Å². The fourth-order valence-electron chi connectivity index (χ4n) is 5.98. The third-order valence-electron chi connectivity index (χ3n) is 7.68. The number of hydrogen-bond donors (Lipinski definition) is 1. The minimum absolute atomic E-state index is 0.273. The maximum Gasteiger partial charge on any atom is 0.312 e. The van der Waals surface area contributed by atoms with Crippen molar-refractivity contribution in [2.75, 3.05) is 24.7 Å². The quantitative estimate of drug-likeness (QED) is 0.526. The van der Waals surface area contributed by atoms with E-state index in [0.29, 0.717) is 13.0 Å². The maximum atomic E-state index is 14.3. The zero-order valence-electron chi connectivity index (χ0n) is 20.3. The van der Waals surface area contributed by atoms with Crippen LogP contribution >= 0.6 is 0 Å². The first-order valence-corrected chi connectivity index (χ1v) is 12.3. The molecular formula is C27H32N2O6. The molecule has 5 rings (SSSR count). The van der Waals surface area contributed by atoms with Crippen LogP contribution in [-0.2, 0) is 23.9 Å². The molecule has 1 aromatic rings. The number of anilines is 1. The zero-order valence-corrected chi connectivity index (χ0v) is 20.3. The van der Waals surface area contributed by atoms with Crippen molar-refractivity contribution in [3.05, 3.63) is 53.6 Å². The van der Waals surface area contributed by atoms with Crippen LogP contribution in [0.15, 0.2) is 42.5 Å². The smallest absolute Gasteiger partial charge is 0.312 e. The van der Waals surface area contributed by atoms with Crippen LogP contribution in [0.5, 0.6) is 0 Å². The van der Waals surface area contributed by atoms with Gasteiger partial charge in [-0.2, -0.15) is 0 Å². The molecule has 35 heavy (non-hydrogen) atoms. The minimum atomic E-state index is -1.33. The first-order chi connectivity index (χ1) is 16.8. The molecular weight excluding hydrogens is 448 g/mol. The van der Waals surface area contributed by atoms with E-state index >= 15 is 0 Å². The van der Waals surface area contributed by atoms with Gasteiger partial charge in [0, 0.05) is 12.2 Å². The zero-order chi connectivity index (χ0) is 24.9. The summed E-state index contributed by atoms with van der Waals surface area (Å²) >= 11 is 0. The summed E-state index contributed by atoms with van der Waals surface area (Å²) in [5.74, 6) is -2.91. The van der Waals surface area contributed by atoms with Gasteiger partial charge in [0.1, 0.15) is 17.6 Å². The van der Waals surface area contributed by atoms with E-state index in [1.165, 1.54) is 4.90 Å². The van der Waals surface area contributed by atoms with Crippen molar-refractivity contribution in [1.82, 2.24) is 4.90 Å². The van der Waals surface area contributed by atoms with E-state index in [1.54, 1.807) is 17.9 Å². The Bertz CT molecular complexity index is 1110. The van der Waals surface area contributed by atoms with Crippen LogP contribution in [0.1, 0.15) is 30.9 Å². The lowest BCUT2D eigenvalue weighted by Crippen LogP contribution is -2.57. The standard InChI is InChI=1S/C27H32N2O6/c1-16-9-10-17(2)19(14-16)28-12-7-11-27-22(24(31)29(18(3)15-30)23(27)25(28)32)21-20(35-27)8-5-4-6-13-34-26(21)33/h5,7-11,14,18,20-23,30H,4,6,12-13,15H2,1-3H3/b8-5-/t18-,20-,21+,22+,23?,27+/m1/s1. The normalized spacial score (nSPS) is 34.2. The van der Waals surface area contributed by atoms with Gasteiger partial charge in [0.05, 0.1) is 31.3 Å². The first-order valence-electron chi connectivity index (χ1n) is 12.3. The molecule has 2 saturated heterocycles. The second-order valence-corrected chi connectivity index (χ2v) is 10.00. The van der Waals surface area contributed by atoms with Crippen LogP contribution in [0, 0.1) is 25.7 Å². The number of carbonyl (C=O) groups excluding carboxylic acids is 3. The highest BCUT2D eigenvalue weighted by Crippen LogP contribution is 2.53. The Balaban J connectivity index is 1.65. The molecule has 0 aliphatic carbocycles. The molecule has 1 N–H and O–H groups in total. The van der Waals surface area contributed by atoms with Crippen molar-refractivity contribution in [1.29, 1.82) is 0 Å². The van der Waals surface area contributed by atoms with Crippen LogP contribution in [0.25, 0.3) is 0 Å². The van der Waals surface area contributed by atoms with Gasteiger partial charge >= 0.3 is 5.97 Å². The van der Waals surface area contributed by atoms with E-state index in [-0.39, 0.29) is 25.0 Å². The fraction of sp³-hybridized carbons (Fsp3) is 0.519. The molecule has 4 heterocycles. The summed E-state index contributed by atoms with van der Waals surface area (Å²) in [5.41, 5.74) is 1.39. The lowest BCUT2D eigenvalue weighted by atomic mass is 9.78. The molecule has 8 heteroatoms. The molecule has 1 aromatic carbocycles. The predicted octanol–water partition coefficient (Wildman–Crippen LogP) is 2.06. The Morgan fingerprint density at radius 3 is 2.74 bits per heavy atom. The van der Waals surface area contributed by atoms with Gasteiger partial charge in [0.15, 0.2) is 0 Å². The highest BCUT2D eigenvalue weighted by Gasteiger charge is 2.72. The number of aliphatic hydroxyl groups is 1. The second-order valence-electron chi connectivity index (χ2n) is 10.00. The maximum absolute atomic E-state index is 14.3. The van der Waals surface area contributed by atoms with Crippen molar-refractivity contribution in [2.45, 2.75) is 57.4 Å². The van der Waals surface area contributed by atoms with Crippen LogP contribution in [0.2, 0.25) is 0 Å². The van der Waals surface area contributed by atoms with Gasteiger partial charge in [-0.05, 0) is 50.8 Å². The van der Waals surface area contributed by atoms with Crippen molar-refractivity contribution in [3.8, 4) is 0 Å². The lowest BCUT2D eigenvalue weighted by Gasteiger charge is -2.37. The average molecular weight is 481 g/mol. The number of benzene rings is 1. The van der Waals surface area contributed by atoms with Crippen LogP contribution < -0.4 is 4.90 Å². The largest absolute Gasteiger partial charge is 0.465 e. The molecule has 4 aliphatic heterocycles. The van der Waals surface area contributed by atoms with E-state index in [2.05, 4.69) is 0 Å². The van der Waals surface area contributed by atoms with E-state index in [9.17, 15) is 19.5 Å². The minimum Gasteiger partial charge on any atom is -0.465 e. The van der Waals surface area contributed by atoms with Gasteiger partial charge in [0.2, 0.25) is 5.91 Å². The molecule has 0 aromatic heterocycles. The first kappa shape index (κ1) is 23.8. The Morgan fingerprint density at radius 2 is 1.97 bits per heavy atom. The van der Waals surface area contributed by atoms with Crippen LogP contribution in [-0.4, -0.2) is 71.3 Å². The number of hydrogen-bond acceptors (Lipinski definition) is 6. The molecule has 2 amide bonds. The molecule has 186 valence electrons. The summed E-state index contributed by atoms with van der Waals surface area (Å²) in [7, 11) is 0. The Labute approximate surface area is 205 Å². The molecule has 4 aliphatic rings. The number of esters is 1. The lowest BCUT2D eigenvalue weighted by molar-refractivity contribution is -0.155. The number of amides is 2. The molecule has 0 radical (unpaired) electrons. The summed E-state index contributed by atoms with van der Waals surface area (Å²) in [6.45, 7) is 5.88. The fourth-order valence-corrected chi connectivity index (χ4v) is 5.98. The third-order valence-corrected chi connectivity index (χ3v) is 7.68. The molecule has 8 nitrogen and oxygen atoms in total. The number of cyclic esters (lactones) is 1. The summed E-state index contributed by atoms with van der Waals surface area (Å²) in [4.78, 5) is 44.5. The number of likely N-dealkylation sites (tertiary alicyclic amines) is 1. The molecule has 1 unspecified atom stereocenters. The highest BCUT2D eigenvalue weighted by molar-refractivity contribution is 6.06. The van der Waals surface area contributed by atoms with Gasteiger partial charge in [-0.15, -0.1) is 0 Å². The van der Waals surface area contributed by atoms with Crippen molar-refractivity contribution < 1.29 is 29.0 Å². The van der Waals surface area contributed by atoms with E-state index in [1.807, 2.05) is 50.3 Å². The van der Waals surface area contributed by atoms with Gasteiger partial charge in [-0.3, -0.25) is 14.4 Å². The summed E-state index contributed by atoms with van der Waals surface area (Å²) in [5, 5.41) is 10.0. The predicted molar refractivity (Wildman–Crippen MR) is 129 cm³/mol. The molecule has 1 spiro atoms. The van der Waals surface area contributed by atoms with Gasteiger partial charge in [0.25, 0.3) is 5.91 Å². The number of fused-ring (bicyclic) bond motifs is 2. The van der Waals surface area contributed by atoms with E-state index < -0.39 is 41.6 Å². The van der Waals surface area contributed by atoms with Gasteiger partial charge in [-0.1, -0.05) is 36.4 Å². The number of aryl methyl sites for hydroxylation is 2.